The van der Waals surface area contributed by atoms with Crippen molar-refractivity contribution in [2.75, 3.05) is 24.5 Å². The molecule has 7 nitrogen and oxygen atoms in total. The van der Waals surface area contributed by atoms with Crippen LogP contribution in [0.15, 0.2) is 35.6 Å². The maximum atomic E-state index is 4.68. The highest BCUT2D eigenvalue weighted by molar-refractivity contribution is 5.79. The number of nitrogens with zero attached hydrogens (tertiary/aromatic N) is 5. The number of guanidine groups is 1. The largest absolute Gasteiger partial charge is 0.357 e. The molecule has 0 aromatic carbocycles. The maximum Gasteiger partial charge on any atom is 0.191 e. The lowest BCUT2D eigenvalue weighted by molar-refractivity contribution is 0.685. The van der Waals surface area contributed by atoms with Crippen LogP contribution in [-0.4, -0.2) is 40.4 Å². The molecular formula is C20H31N7. The predicted molar refractivity (Wildman–Crippen MR) is 110 cm³/mol. The van der Waals surface area contributed by atoms with E-state index < -0.39 is 0 Å². The van der Waals surface area contributed by atoms with E-state index in [4.69, 9.17) is 0 Å². The van der Waals surface area contributed by atoms with Crippen molar-refractivity contribution in [3.05, 3.63) is 41.9 Å². The zero-order valence-corrected chi connectivity index (χ0v) is 16.5. The quantitative estimate of drug-likeness (QED) is 0.605. The molecule has 3 heterocycles. The standard InChI is InChI=1S/C20H31N7/c1-3-21-20(24-16-18-10-11-25-26(18)2)23-15-17-8-9-19(22-14-17)27-12-6-4-5-7-13-27/h8-11,14H,3-7,12-13,15-16H2,1-2H3,(H2,21,23,24). The molecular weight excluding hydrogens is 338 g/mol. The fraction of sp³-hybridized carbons (Fsp3) is 0.550. The van der Waals surface area contributed by atoms with Crippen LogP contribution in [0.1, 0.15) is 43.9 Å². The Morgan fingerprint density at radius 1 is 1.11 bits per heavy atom. The van der Waals surface area contributed by atoms with Crippen molar-refractivity contribution >= 4 is 11.8 Å². The summed E-state index contributed by atoms with van der Waals surface area (Å²) in [7, 11) is 1.94. The van der Waals surface area contributed by atoms with Crippen LogP contribution >= 0.6 is 0 Å². The molecule has 0 amide bonds. The SMILES string of the molecule is CCNC(=NCc1ccc(N2CCCCCC2)nc1)NCc1ccnn1C. The second-order valence-electron chi connectivity index (χ2n) is 6.92. The van der Waals surface area contributed by atoms with E-state index in [1.165, 1.54) is 25.7 Å². The lowest BCUT2D eigenvalue weighted by Crippen LogP contribution is -2.37. The summed E-state index contributed by atoms with van der Waals surface area (Å²) in [4.78, 5) is 11.8. The summed E-state index contributed by atoms with van der Waals surface area (Å²) < 4.78 is 1.86. The van der Waals surface area contributed by atoms with Gasteiger partial charge in [0.1, 0.15) is 5.82 Å². The Bertz CT molecular complexity index is 712. The van der Waals surface area contributed by atoms with Gasteiger partial charge in [-0.1, -0.05) is 18.9 Å². The predicted octanol–water partition coefficient (Wildman–Crippen LogP) is 2.45. The van der Waals surface area contributed by atoms with E-state index in [0.717, 1.165) is 42.7 Å². The molecule has 1 aliphatic heterocycles. The topological polar surface area (TPSA) is 70.4 Å². The van der Waals surface area contributed by atoms with Gasteiger partial charge in [0.2, 0.25) is 0 Å². The summed E-state index contributed by atoms with van der Waals surface area (Å²) in [5, 5.41) is 10.8. The molecule has 0 bridgehead atoms. The van der Waals surface area contributed by atoms with E-state index in [0.29, 0.717) is 13.1 Å². The van der Waals surface area contributed by atoms with E-state index in [1.807, 2.05) is 24.0 Å². The molecule has 146 valence electrons. The van der Waals surface area contributed by atoms with Gasteiger partial charge in [0, 0.05) is 39.1 Å². The van der Waals surface area contributed by atoms with E-state index >= 15 is 0 Å². The van der Waals surface area contributed by atoms with Crippen LogP contribution in [0.5, 0.6) is 0 Å². The fourth-order valence-corrected chi connectivity index (χ4v) is 3.26. The number of aromatic nitrogens is 3. The van der Waals surface area contributed by atoms with E-state index in [9.17, 15) is 0 Å². The summed E-state index contributed by atoms with van der Waals surface area (Å²) in [6.07, 6.45) is 8.96. The van der Waals surface area contributed by atoms with Gasteiger partial charge in [-0.25, -0.2) is 9.98 Å². The molecule has 1 saturated heterocycles. The third kappa shape index (κ3) is 5.70. The van der Waals surface area contributed by atoms with E-state index in [-0.39, 0.29) is 0 Å². The molecule has 2 aromatic heterocycles. The summed E-state index contributed by atoms with van der Waals surface area (Å²) in [5.74, 6) is 1.89. The summed E-state index contributed by atoms with van der Waals surface area (Å²) in [5.41, 5.74) is 2.23. The fourth-order valence-electron chi connectivity index (χ4n) is 3.26. The number of aryl methyl sites for hydroxylation is 1. The van der Waals surface area contributed by atoms with Crippen molar-refractivity contribution < 1.29 is 0 Å². The van der Waals surface area contributed by atoms with Gasteiger partial charge in [0.05, 0.1) is 18.8 Å². The molecule has 0 radical (unpaired) electrons. The first-order chi connectivity index (χ1) is 13.3. The third-order valence-corrected chi connectivity index (χ3v) is 4.86. The van der Waals surface area contributed by atoms with Gasteiger partial charge >= 0.3 is 0 Å². The van der Waals surface area contributed by atoms with Crippen LogP contribution in [0.3, 0.4) is 0 Å². The maximum absolute atomic E-state index is 4.68. The first-order valence-corrected chi connectivity index (χ1v) is 9.95. The van der Waals surface area contributed by atoms with Crippen molar-refractivity contribution in [1.82, 2.24) is 25.4 Å². The molecule has 0 unspecified atom stereocenters. The number of hydrogen-bond acceptors (Lipinski definition) is 4. The van der Waals surface area contributed by atoms with Gasteiger partial charge in [0.15, 0.2) is 5.96 Å². The van der Waals surface area contributed by atoms with Gasteiger partial charge < -0.3 is 15.5 Å². The van der Waals surface area contributed by atoms with Crippen LogP contribution in [0.25, 0.3) is 0 Å². The van der Waals surface area contributed by atoms with Crippen molar-refractivity contribution in [1.29, 1.82) is 0 Å². The average Bonchev–Trinajstić information content (AvgIpc) is 2.93. The van der Waals surface area contributed by atoms with Gasteiger partial charge in [-0.3, -0.25) is 4.68 Å². The molecule has 1 aliphatic rings. The highest BCUT2D eigenvalue weighted by Gasteiger charge is 2.10. The van der Waals surface area contributed by atoms with E-state index in [2.05, 4.69) is 49.7 Å². The van der Waals surface area contributed by atoms with Crippen LogP contribution in [0.4, 0.5) is 5.82 Å². The number of hydrogen-bond donors (Lipinski definition) is 2. The molecule has 2 N–H and O–H groups in total. The number of aliphatic imine (C=N–C) groups is 1. The minimum absolute atomic E-state index is 0.605. The zero-order valence-electron chi connectivity index (χ0n) is 16.5. The zero-order chi connectivity index (χ0) is 18.9. The third-order valence-electron chi connectivity index (χ3n) is 4.86. The highest BCUT2D eigenvalue weighted by atomic mass is 15.3. The van der Waals surface area contributed by atoms with Crippen LogP contribution in [0.2, 0.25) is 0 Å². The van der Waals surface area contributed by atoms with Crippen molar-refractivity contribution in [3.8, 4) is 0 Å². The summed E-state index contributed by atoms with van der Waals surface area (Å²) in [6, 6.07) is 6.27. The Kier molecular flexibility index (Phi) is 7.07. The monoisotopic (exact) mass is 369 g/mol. The molecule has 0 aliphatic carbocycles. The van der Waals surface area contributed by atoms with Crippen molar-refractivity contribution in [2.24, 2.45) is 12.0 Å². The van der Waals surface area contributed by atoms with E-state index in [1.54, 1.807) is 6.20 Å². The summed E-state index contributed by atoms with van der Waals surface area (Å²) in [6.45, 7) is 6.42. The van der Waals surface area contributed by atoms with Crippen LogP contribution in [0, 0.1) is 0 Å². The van der Waals surface area contributed by atoms with Gasteiger partial charge in [0.25, 0.3) is 0 Å². The molecule has 27 heavy (non-hydrogen) atoms. The molecule has 2 aromatic rings. The first-order valence-electron chi connectivity index (χ1n) is 9.95. The number of anilines is 1. The normalized spacial score (nSPS) is 15.5. The summed E-state index contributed by atoms with van der Waals surface area (Å²) >= 11 is 0. The lowest BCUT2D eigenvalue weighted by atomic mass is 10.2. The van der Waals surface area contributed by atoms with Gasteiger partial charge in [-0.05, 0) is 37.5 Å². The Hall–Kier alpha value is -2.57. The average molecular weight is 370 g/mol. The number of nitrogens with one attached hydrogen (secondary N) is 2. The molecule has 3 rings (SSSR count). The Labute approximate surface area is 161 Å². The number of rotatable bonds is 6. The van der Waals surface area contributed by atoms with Crippen LogP contribution in [-0.2, 0) is 20.1 Å². The number of pyridine rings is 1. The molecule has 0 atom stereocenters. The van der Waals surface area contributed by atoms with Gasteiger partial charge in [-0.15, -0.1) is 0 Å². The minimum atomic E-state index is 0.605. The van der Waals surface area contributed by atoms with Crippen LogP contribution < -0.4 is 15.5 Å². The highest BCUT2D eigenvalue weighted by Crippen LogP contribution is 2.17. The second-order valence-corrected chi connectivity index (χ2v) is 6.92. The van der Waals surface area contributed by atoms with Crippen molar-refractivity contribution in [3.63, 3.8) is 0 Å². The molecule has 0 saturated carbocycles. The first kappa shape index (κ1) is 19.2. The minimum Gasteiger partial charge on any atom is -0.357 e. The van der Waals surface area contributed by atoms with Crippen molar-refractivity contribution in [2.45, 2.75) is 45.7 Å². The smallest absolute Gasteiger partial charge is 0.191 e. The Morgan fingerprint density at radius 3 is 2.56 bits per heavy atom. The Balaban J connectivity index is 1.57. The second kappa shape index (κ2) is 9.94. The molecule has 1 fully saturated rings. The molecule has 0 spiro atoms. The van der Waals surface area contributed by atoms with Gasteiger partial charge in [-0.2, -0.15) is 5.10 Å². The lowest BCUT2D eigenvalue weighted by Gasteiger charge is -2.21. The Morgan fingerprint density at radius 2 is 1.93 bits per heavy atom. The molecule has 7 heteroatoms.